The van der Waals surface area contributed by atoms with Gasteiger partial charge in [0, 0.05) is 36.7 Å². The molecule has 2 aromatic rings. The number of aromatic nitrogens is 3. The van der Waals surface area contributed by atoms with Crippen LogP contribution in [0.3, 0.4) is 0 Å². The van der Waals surface area contributed by atoms with E-state index in [9.17, 15) is 8.42 Å². The van der Waals surface area contributed by atoms with Gasteiger partial charge in [-0.3, -0.25) is 5.10 Å². The third-order valence-electron chi connectivity index (χ3n) is 5.26. The summed E-state index contributed by atoms with van der Waals surface area (Å²) in [5.41, 5.74) is 3.57. The summed E-state index contributed by atoms with van der Waals surface area (Å²) < 4.78 is 22.8. The Hall–Kier alpha value is -1.89. The molecule has 1 aliphatic carbocycles. The van der Waals surface area contributed by atoms with Crippen molar-refractivity contribution in [3.63, 3.8) is 0 Å². The van der Waals surface area contributed by atoms with Crippen LogP contribution in [-0.2, 0) is 27.4 Å². The molecular formula is C17H22N4O2S. The fourth-order valence-corrected chi connectivity index (χ4v) is 4.96. The monoisotopic (exact) mass is 346 g/mol. The van der Waals surface area contributed by atoms with Crippen LogP contribution in [0, 0.1) is 0 Å². The predicted octanol–water partition coefficient (Wildman–Crippen LogP) is 1.83. The Balaban J connectivity index is 1.55. The van der Waals surface area contributed by atoms with Gasteiger partial charge < -0.3 is 4.90 Å². The molecule has 2 aliphatic rings. The Morgan fingerprint density at radius 1 is 1.29 bits per heavy atom. The third-order valence-corrected chi connectivity index (χ3v) is 6.12. The molecule has 0 bridgehead atoms. The van der Waals surface area contributed by atoms with Crippen molar-refractivity contribution in [1.29, 1.82) is 0 Å². The molecular weight excluding hydrogens is 324 g/mol. The van der Waals surface area contributed by atoms with E-state index >= 15 is 0 Å². The number of hydrogen-bond donors (Lipinski definition) is 1. The molecule has 1 atom stereocenters. The number of fused-ring (bicyclic) bond motifs is 2. The fraction of sp³-hybridized carbons (Fsp3) is 0.529. The number of rotatable bonds is 3. The van der Waals surface area contributed by atoms with E-state index in [2.05, 4.69) is 20.1 Å². The number of piperidine rings is 1. The largest absolute Gasteiger partial charge is 0.356 e. The first-order chi connectivity index (χ1) is 11.5. The average molecular weight is 346 g/mol. The summed E-state index contributed by atoms with van der Waals surface area (Å²) in [6.45, 7) is 1.93. The molecule has 24 heavy (non-hydrogen) atoms. The predicted molar refractivity (Wildman–Crippen MR) is 92.8 cm³/mol. The van der Waals surface area contributed by atoms with Gasteiger partial charge in [-0.25, -0.2) is 13.4 Å². The van der Waals surface area contributed by atoms with Gasteiger partial charge in [0.05, 0.1) is 11.9 Å². The molecule has 1 fully saturated rings. The van der Waals surface area contributed by atoms with Crippen molar-refractivity contribution >= 4 is 15.7 Å². The van der Waals surface area contributed by atoms with Crippen LogP contribution < -0.4 is 4.90 Å². The lowest BCUT2D eigenvalue weighted by molar-refractivity contribution is 0.331. The molecule has 1 saturated heterocycles. The second-order valence-corrected chi connectivity index (χ2v) is 9.31. The summed E-state index contributed by atoms with van der Waals surface area (Å²) in [4.78, 5) is 6.84. The minimum Gasteiger partial charge on any atom is -0.356 e. The van der Waals surface area contributed by atoms with Crippen molar-refractivity contribution < 1.29 is 8.42 Å². The number of pyridine rings is 1. The van der Waals surface area contributed by atoms with E-state index in [0.29, 0.717) is 0 Å². The van der Waals surface area contributed by atoms with Gasteiger partial charge in [0.25, 0.3) is 0 Å². The average Bonchev–Trinajstić information content (AvgIpc) is 3.12. The van der Waals surface area contributed by atoms with Crippen molar-refractivity contribution in [1.82, 2.24) is 15.2 Å². The zero-order valence-corrected chi connectivity index (χ0v) is 14.6. The molecule has 3 heterocycles. The van der Waals surface area contributed by atoms with Crippen molar-refractivity contribution in [3.05, 3.63) is 41.3 Å². The Bertz CT molecular complexity index is 844. The summed E-state index contributed by atoms with van der Waals surface area (Å²) in [6, 6.07) is 3.82. The number of hydrogen-bond acceptors (Lipinski definition) is 5. The summed E-state index contributed by atoms with van der Waals surface area (Å²) in [5, 5.41) is 7.44. The molecule has 1 aliphatic heterocycles. The van der Waals surface area contributed by atoms with Crippen LogP contribution >= 0.6 is 0 Å². The van der Waals surface area contributed by atoms with Crippen LogP contribution in [0.2, 0.25) is 0 Å². The highest BCUT2D eigenvalue weighted by atomic mass is 32.2. The number of sulfone groups is 1. The van der Waals surface area contributed by atoms with Gasteiger partial charge in [0.1, 0.15) is 5.82 Å². The molecule has 0 aromatic carbocycles. The summed E-state index contributed by atoms with van der Waals surface area (Å²) >= 11 is 0. The van der Waals surface area contributed by atoms with Crippen molar-refractivity contribution in [3.8, 4) is 0 Å². The minimum atomic E-state index is -3.02. The smallest absolute Gasteiger partial charge is 0.151 e. The quantitative estimate of drug-likeness (QED) is 0.917. The van der Waals surface area contributed by atoms with Crippen LogP contribution in [-0.4, -0.2) is 42.9 Å². The first-order valence-electron chi connectivity index (χ1n) is 8.36. The van der Waals surface area contributed by atoms with E-state index in [1.807, 2.05) is 18.3 Å². The van der Waals surface area contributed by atoms with Crippen LogP contribution in [0.1, 0.15) is 36.1 Å². The molecule has 0 saturated carbocycles. The lowest BCUT2D eigenvalue weighted by Crippen LogP contribution is -2.45. The molecule has 1 N–H and O–H groups in total. The molecule has 0 radical (unpaired) electrons. The highest BCUT2D eigenvalue weighted by Gasteiger charge is 2.43. The lowest BCUT2D eigenvalue weighted by Gasteiger charge is -2.41. The van der Waals surface area contributed by atoms with E-state index in [4.69, 9.17) is 0 Å². The van der Waals surface area contributed by atoms with Gasteiger partial charge in [0.2, 0.25) is 0 Å². The number of anilines is 1. The SMILES string of the molecule is CS(=O)(=O)Cc1ccc(N2CCCC3(CCc4cn[nH]c43)C2)nc1. The zero-order chi connectivity index (χ0) is 16.8. The zero-order valence-electron chi connectivity index (χ0n) is 13.8. The molecule has 0 amide bonds. The van der Waals surface area contributed by atoms with E-state index < -0.39 is 9.84 Å². The van der Waals surface area contributed by atoms with Crippen molar-refractivity contribution in [2.75, 3.05) is 24.2 Å². The number of H-pyrrole nitrogens is 1. The van der Waals surface area contributed by atoms with Crippen LogP contribution in [0.25, 0.3) is 0 Å². The first kappa shape index (κ1) is 15.6. The normalized spacial score (nSPS) is 23.6. The third kappa shape index (κ3) is 2.81. The molecule has 6 nitrogen and oxygen atoms in total. The summed E-state index contributed by atoms with van der Waals surface area (Å²) in [5.74, 6) is 0.973. The Labute approximate surface area is 142 Å². The van der Waals surface area contributed by atoms with E-state index in [1.165, 1.54) is 30.4 Å². The standard InChI is InChI=1S/C17H22N4O2S/c1-24(22,23)11-13-3-4-15(18-9-13)21-8-2-6-17(12-21)7-5-14-10-19-20-16(14)17/h3-4,9-10H,2,5-8,11-12H2,1H3,(H,19,20). The lowest BCUT2D eigenvalue weighted by atomic mass is 9.77. The topological polar surface area (TPSA) is 79.0 Å². The molecule has 2 aromatic heterocycles. The highest BCUT2D eigenvalue weighted by molar-refractivity contribution is 7.89. The highest BCUT2D eigenvalue weighted by Crippen LogP contribution is 2.44. The minimum absolute atomic E-state index is 0.0434. The van der Waals surface area contributed by atoms with E-state index in [-0.39, 0.29) is 11.2 Å². The number of aryl methyl sites for hydroxylation is 1. The van der Waals surface area contributed by atoms with Gasteiger partial charge in [-0.1, -0.05) is 6.07 Å². The summed E-state index contributed by atoms with van der Waals surface area (Å²) in [7, 11) is -3.02. The molecule has 7 heteroatoms. The summed E-state index contributed by atoms with van der Waals surface area (Å²) in [6.07, 6.45) is 9.47. The van der Waals surface area contributed by atoms with Gasteiger partial charge in [-0.05, 0) is 42.9 Å². The molecule has 128 valence electrons. The maximum Gasteiger partial charge on any atom is 0.151 e. The number of aromatic amines is 1. The van der Waals surface area contributed by atoms with E-state index in [0.717, 1.165) is 37.3 Å². The van der Waals surface area contributed by atoms with Gasteiger partial charge in [-0.2, -0.15) is 5.10 Å². The maximum atomic E-state index is 11.4. The molecule has 1 spiro atoms. The maximum absolute atomic E-state index is 11.4. The Morgan fingerprint density at radius 3 is 2.92 bits per heavy atom. The van der Waals surface area contributed by atoms with Crippen LogP contribution in [0.5, 0.6) is 0 Å². The van der Waals surface area contributed by atoms with Gasteiger partial charge in [0.15, 0.2) is 9.84 Å². The number of nitrogens with zero attached hydrogens (tertiary/aromatic N) is 3. The van der Waals surface area contributed by atoms with E-state index in [1.54, 1.807) is 6.20 Å². The van der Waals surface area contributed by atoms with Crippen LogP contribution in [0.4, 0.5) is 5.82 Å². The van der Waals surface area contributed by atoms with Crippen molar-refractivity contribution in [2.24, 2.45) is 0 Å². The fourth-order valence-electron chi connectivity index (χ4n) is 4.19. The van der Waals surface area contributed by atoms with Crippen molar-refractivity contribution in [2.45, 2.75) is 36.9 Å². The Kier molecular flexibility index (Phi) is 3.63. The van der Waals surface area contributed by atoms with Gasteiger partial charge >= 0.3 is 0 Å². The second-order valence-electron chi connectivity index (χ2n) is 7.17. The van der Waals surface area contributed by atoms with Crippen LogP contribution in [0.15, 0.2) is 24.5 Å². The molecule has 4 rings (SSSR count). The van der Waals surface area contributed by atoms with Gasteiger partial charge in [-0.15, -0.1) is 0 Å². The Morgan fingerprint density at radius 2 is 2.17 bits per heavy atom. The molecule has 1 unspecified atom stereocenters. The second kappa shape index (κ2) is 5.58. The first-order valence-corrected chi connectivity index (χ1v) is 10.4. The number of nitrogens with one attached hydrogen (secondary N) is 1.